The quantitative estimate of drug-likeness (QED) is 0.339. The Morgan fingerprint density at radius 3 is 1.20 bits per heavy atom. The van der Waals surface area contributed by atoms with E-state index < -0.39 is 0 Å². The fourth-order valence-electron chi connectivity index (χ4n) is 0. The molecule has 0 aliphatic carbocycles. The fraction of sp³-hybridized carbons (Fsp3) is 0. The summed E-state index contributed by atoms with van der Waals surface area (Å²) in [5.74, 6) is 0. The van der Waals surface area contributed by atoms with Crippen LogP contribution in [0.15, 0.2) is 0 Å². The first-order valence-corrected chi connectivity index (χ1v) is 0.805. The Bertz CT molecular complexity index is 28.6. The van der Waals surface area contributed by atoms with Crippen molar-refractivity contribution < 1.29 is 26.4 Å². The van der Waals surface area contributed by atoms with Crippen LogP contribution < -0.4 is 0 Å². The SMILES string of the molecule is O=CC=O.[Co]. The molecule has 1 radical (unpaired) electrons. The van der Waals surface area contributed by atoms with Gasteiger partial charge in [0.15, 0.2) is 12.6 Å². The Morgan fingerprint density at radius 1 is 1.00 bits per heavy atom. The van der Waals surface area contributed by atoms with Gasteiger partial charge >= 0.3 is 0 Å². The van der Waals surface area contributed by atoms with Gasteiger partial charge in [0.25, 0.3) is 0 Å². The third-order valence-electron chi connectivity index (χ3n) is 0.0556. The molecule has 0 aromatic carbocycles. The van der Waals surface area contributed by atoms with Gasteiger partial charge in [-0.25, -0.2) is 0 Å². The largest absolute Gasteiger partial charge is 0.295 e. The van der Waals surface area contributed by atoms with E-state index in [1.807, 2.05) is 0 Å². The van der Waals surface area contributed by atoms with Crippen LogP contribution in [0.2, 0.25) is 0 Å². The van der Waals surface area contributed by atoms with Crippen molar-refractivity contribution in [1.29, 1.82) is 0 Å². The number of hydrogen-bond acceptors (Lipinski definition) is 2. The van der Waals surface area contributed by atoms with E-state index in [9.17, 15) is 0 Å². The Balaban J connectivity index is 0. The van der Waals surface area contributed by atoms with Crippen LogP contribution in [-0.4, -0.2) is 12.6 Å². The van der Waals surface area contributed by atoms with Crippen molar-refractivity contribution in [3.8, 4) is 0 Å². The average Bonchev–Trinajstić information content (AvgIpc) is 1.37. The minimum atomic E-state index is 0. The molecule has 0 N–H and O–H groups in total. The molecule has 5 heavy (non-hydrogen) atoms. The van der Waals surface area contributed by atoms with Gasteiger partial charge in [-0.2, -0.15) is 0 Å². The van der Waals surface area contributed by atoms with Gasteiger partial charge in [-0.15, -0.1) is 0 Å². The minimum absolute atomic E-state index is 0. The predicted molar refractivity (Wildman–Crippen MR) is 12.1 cm³/mol. The van der Waals surface area contributed by atoms with E-state index in [4.69, 9.17) is 9.59 Å². The Hall–Kier alpha value is -0.154. The van der Waals surface area contributed by atoms with Gasteiger partial charge in [0.05, 0.1) is 0 Å². The van der Waals surface area contributed by atoms with Gasteiger partial charge in [0.1, 0.15) is 0 Å². The van der Waals surface area contributed by atoms with Crippen LogP contribution in [0.5, 0.6) is 0 Å². The monoisotopic (exact) mass is 117 g/mol. The first kappa shape index (κ1) is 8.85. The molecule has 0 unspecified atom stereocenters. The second-order valence-corrected chi connectivity index (χ2v) is 0.272. The topological polar surface area (TPSA) is 34.1 Å². The molecule has 0 aliphatic heterocycles. The predicted octanol–water partition coefficient (Wildman–Crippen LogP) is -0.618. The van der Waals surface area contributed by atoms with Crippen molar-refractivity contribution in [3.05, 3.63) is 0 Å². The molecular formula is C2H2CoO2. The van der Waals surface area contributed by atoms with Crippen LogP contribution in [0.3, 0.4) is 0 Å². The van der Waals surface area contributed by atoms with Crippen molar-refractivity contribution >= 4 is 12.6 Å². The summed E-state index contributed by atoms with van der Waals surface area (Å²) < 4.78 is 0. The fourth-order valence-corrected chi connectivity index (χ4v) is 0. The Labute approximate surface area is 39.7 Å². The maximum absolute atomic E-state index is 8.81. The van der Waals surface area contributed by atoms with E-state index in [1.54, 1.807) is 0 Å². The van der Waals surface area contributed by atoms with Crippen molar-refractivity contribution in [2.75, 3.05) is 0 Å². The van der Waals surface area contributed by atoms with E-state index in [2.05, 4.69) is 0 Å². The number of hydrogen-bond donors (Lipinski definition) is 0. The first-order valence-electron chi connectivity index (χ1n) is 0.805. The van der Waals surface area contributed by atoms with Gasteiger partial charge in [-0.1, -0.05) is 0 Å². The van der Waals surface area contributed by atoms with Crippen molar-refractivity contribution in [2.45, 2.75) is 0 Å². The van der Waals surface area contributed by atoms with Gasteiger partial charge in [0.2, 0.25) is 0 Å². The number of rotatable bonds is 1. The summed E-state index contributed by atoms with van der Waals surface area (Å²) in [5, 5.41) is 0. The molecular weight excluding hydrogens is 115 g/mol. The van der Waals surface area contributed by atoms with Crippen LogP contribution >= 0.6 is 0 Å². The molecule has 0 aromatic heterocycles. The smallest absolute Gasteiger partial charge is 0.182 e. The molecule has 0 rings (SSSR count). The molecule has 0 fully saturated rings. The number of aldehydes is 2. The molecule has 0 atom stereocenters. The average molecular weight is 117 g/mol. The van der Waals surface area contributed by atoms with Crippen LogP contribution in [0, 0.1) is 0 Å². The summed E-state index contributed by atoms with van der Waals surface area (Å²) in [6.45, 7) is 0. The van der Waals surface area contributed by atoms with Crippen molar-refractivity contribution in [1.82, 2.24) is 0 Å². The third kappa shape index (κ3) is 18.3. The second-order valence-electron chi connectivity index (χ2n) is 0.272. The van der Waals surface area contributed by atoms with Crippen LogP contribution in [0.1, 0.15) is 0 Å². The maximum Gasteiger partial charge on any atom is 0.182 e. The molecule has 31 valence electrons. The summed E-state index contributed by atoms with van der Waals surface area (Å²) in [7, 11) is 0. The Kier molecular flexibility index (Phi) is 16.2. The van der Waals surface area contributed by atoms with E-state index in [0.717, 1.165) is 0 Å². The minimum Gasteiger partial charge on any atom is -0.295 e. The van der Waals surface area contributed by atoms with Crippen molar-refractivity contribution in [2.24, 2.45) is 0 Å². The van der Waals surface area contributed by atoms with E-state index in [0.29, 0.717) is 0 Å². The van der Waals surface area contributed by atoms with Gasteiger partial charge < -0.3 is 0 Å². The maximum atomic E-state index is 8.81. The molecule has 0 saturated carbocycles. The molecule has 0 aliphatic rings. The van der Waals surface area contributed by atoms with Gasteiger partial charge in [-0.05, 0) is 0 Å². The molecule has 0 amide bonds. The van der Waals surface area contributed by atoms with Gasteiger partial charge in [-0.3, -0.25) is 9.59 Å². The molecule has 0 bridgehead atoms. The van der Waals surface area contributed by atoms with Crippen LogP contribution in [-0.2, 0) is 26.4 Å². The standard InChI is InChI=1S/C2H2O2.Co/c3-1-2-4;/h1-2H;. The van der Waals surface area contributed by atoms with Crippen LogP contribution in [0.4, 0.5) is 0 Å². The Morgan fingerprint density at radius 2 is 1.20 bits per heavy atom. The normalized spacial score (nSPS) is 4.00. The second kappa shape index (κ2) is 9.14. The zero-order valence-corrected chi connectivity index (χ0v) is 3.35. The number of carbonyl (C=O) groups excluding carboxylic acids is 2. The molecule has 0 heterocycles. The molecule has 0 saturated heterocycles. The third-order valence-corrected chi connectivity index (χ3v) is 0.0556. The van der Waals surface area contributed by atoms with E-state index in [-0.39, 0.29) is 29.4 Å². The van der Waals surface area contributed by atoms with E-state index >= 15 is 0 Å². The molecule has 2 nitrogen and oxygen atoms in total. The zero-order valence-electron chi connectivity index (χ0n) is 2.30. The summed E-state index contributed by atoms with van der Waals surface area (Å²) in [6.07, 6.45) is 0.389. The van der Waals surface area contributed by atoms with Crippen molar-refractivity contribution in [3.63, 3.8) is 0 Å². The summed E-state index contributed by atoms with van der Waals surface area (Å²) in [6, 6.07) is 0. The molecule has 0 aromatic rings. The van der Waals surface area contributed by atoms with Crippen LogP contribution in [0.25, 0.3) is 0 Å². The van der Waals surface area contributed by atoms with Gasteiger partial charge in [0, 0.05) is 16.8 Å². The molecule has 0 spiro atoms. The first-order chi connectivity index (χ1) is 1.91. The molecule has 3 heteroatoms. The van der Waals surface area contributed by atoms with E-state index in [1.165, 1.54) is 0 Å². The zero-order chi connectivity index (χ0) is 3.41. The summed E-state index contributed by atoms with van der Waals surface area (Å²) in [5.41, 5.74) is 0. The summed E-state index contributed by atoms with van der Waals surface area (Å²) >= 11 is 0. The summed E-state index contributed by atoms with van der Waals surface area (Å²) in [4.78, 5) is 17.6. The number of carbonyl (C=O) groups is 2.